The SMILES string of the molecule is CC.Cc1ccc(CNC(C)C)cc1.[HH]. The van der Waals surface area contributed by atoms with Crippen molar-refractivity contribution >= 4 is 0 Å². The van der Waals surface area contributed by atoms with Gasteiger partial charge >= 0.3 is 0 Å². The molecule has 0 saturated heterocycles. The van der Waals surface area contributed by atoms with Crippen LogP contribution >= 0.6 is 0 Å². The zero-order valence-corrected chi connectivity index (χ0v) is 10.1. The normalized spacial score (nSPS) is 9.57. The lowest BCUT2D eigenvalue weighted by atomic mass is 10.1. The number of hydrogen-bond acceptors (Lipinski definition) is 1. The number of aryl methyl sites for hydroxylation is 1. The van der Waals surface area contributed by atoms with Gasteiger partial charge in [0.05, 0.1) is 0 Å². The summed E-state index contributed by atoms with van der Waals surface area (Å²) in [5, 5.41) is 3.38. The van der Waals surface area contributed by atoms with Crippen molar-refractivity contribution in [1.29, 1.82) is 0 Å². The quantitative estimate of drug-likeness (QED) is 0.774. The molecule has 1 aromatic rings. The van der Waals surface area contributed by atoms with Gasteiger partial charge < -0.3 is 5.32 Å². The fraction of sp³-hybridized carbons (Fsp3) is 0.538. The van der Waals surface area contributed by atoms with Crippen LogP contribution in [-0.2, 0) is 6.54 Å². The van der Waals surface area contributed by atoms with Crippen molar-refractivity contribution < 1.29 is 1.43 Å². The van der Waals surface area contributed by atoms with E-state index in [1.54, 1.807) is 0 Å². The van der Waals surface area contributed by atoms with Crippen molar-refractivity contribution in [3.8, 4) is 0 Å². The maximum absolute atomic E-state index is 3.38. The molecule has 0 bridgehead atoms. The number of nitrogens with one attached hydrogen (secondary N) is 1. The fourth-order valence-corrected chi connectivity index (χ4v) is 1.03. The van der Waals surface area contributed by atoms with Crippen LogP contribution in [-0.4, -0.2) is 6.04 Å². The molecule has 1 heteroatoms. The van der Waals surface area contributed by atoms with E-state index in [9.17, 15) is 0 Å². The highest BCUT2D eigenvalue weighted by molar-refractivity contribution is 5.21. The molecule has 82 valence electrons. The summed E-state index contributed by atoms with van der Waals surface area (Å²) in [6, 6.07) is 9.20. The lowest BCUT2D eigenvalue weighted by molar-refractivity contribution is 0.589. The topological polar surface area (TPSA) is 12.0 Å². The predicted octanol–water partition coefficient (Wildman–Crippen LogP) is 3.77. The summed E-state index contributed by atoms with van der Waals surface area (Å²) in [6.45, 7) is 11.4. The van der Waals surface area contributed by atoms with Gasteiger partial charge in [-0.05, 0) is 12.5 Å². The van der Waals surface area contributed by atoms with Crippen molar-refractivity contribution in [2.45, 2.75) is 47.2 Å². The molecule has 1 N–H and O–H groups in total. The molecular weight excluding hydrogens is 170 g/mol. The Bertz CT molecular complexity index is 229. The van der Waals surface area contributed by atoms with Gasteiger partial charge in [-0.15, -0.1) is 0 Å². The average Bonchev–Trinajstić information content (AvgIpc) is 2.20. The van der Waals surface area contributed by atoms with Crippen LogP contribution in [0.25, 0.3) is 0 Å². The van der Waals surface area contributed by atoms with E-state index in [1.165, 1.54) is 11.1 Å². The molecule has 1 rings (SSSR count). The van der Waals surface area contributed by atoms with Gasteiger partial charge in [-0.2, -0.15) is 0 Å². The summed E-state index contributed by atoms with van der Waals surface area (Å²) in [7, 11) is 0. The molecule has 0 spiro atoms. The molecular formula is C13H25N. The van der Waals surface area contributed by atoms with Gasteiger partial charge in [0.15, 0.2) is 0 Å². The van der Waals surface area contributed by atoms with Crippen LogP contribution in [0, 0.1) is 6.92 Å². The van der Waals surface area contributed by atoms with E-state index in [0.29, 0.717) is 6.04 Å². The molecule has 0 aliphatic carbocycles. The first-order chi connectivity index (χ1) is 6.68. The third-order valence-corrected chi connectivity index (χ3v) is 1.84. The summed E-state index contributed by atoms with van der Waals surface area (Å²) in [6.07, 6.45) is 0. The maximum atomic E-state index is 3.38. The van der Waals surface area contributed by atoms with Crippen LogP contribution in [0.4, 0.5) is 0 Å². The molecule has 1 aromatic carbocycles. The van der Waals surface area contributed by atoms with E-state index in [-0.39, 0.29) is 1.43 Å². The second-order valence-electron chi connectivity index (χ2n) is 3.52. The molecule has 0 unspecified atom stereocenters. The highest BCUT2D eigenvalue weighted by Gasteiger charge is 1.93. The van der Waals surface area contributed by atoms with Crippen LogP contribution in [0.5, 0.6) is 0 Å². The predicted molar refractivity (Wildman–Crippen MR) is 66.6 cm³/mol. The van der Waals surface area contributed by atoms with Crippen LogP contribution in [0.2, 0.25) is 0 Å². The van der Waals surface area contributed by atoms with E-state index in [1.807, 2.05) is 13.8 Å². The van der Waals surface area contributed by atoms with E-state index in [4.69, 9.17) is 0 Å². The molecule has 0 saturated carbocycles. The van der Waals surface area contributed by atoms with E-state index in [0.717, 1.165) is 6.54 Å². The second-order valence-corrected chi connectivity index (χ2v) is 3.52. The van der Waals surface area contributed by atoms with Gasteiger partial charge in [0.25, 0.3) is 0 Å². The Balaban J connectivity index is 0. The first kappa shape index (κ1) is 13.2. The molecule has 0 radical (unpaired) electrons. The summed E-state index contributed by atoms with van der Waals surface area (Å²) < 4.78 is 0. The molecule has 0 aliphatic rings. The zero-order valence-electron chi connectivity index (χ0n) is 10.1. The first-order valence-electron chi connectivity index (χ1n) is 5.47. The summed E-state index contributed by atoms with van der Waals surface area (Å²) >= 11 is 0. The Morgan fingerprint density at radius 1 is 1.14 bits per heavy atom. The summed E-state index contributed by atoms with van der Waals surface area (Å²) in [4.78, 5) is 0. The lowest BCUT2D eigenvalue weighted by Gasteiger charge is -2.07. The molecule has 0 heterocycles. The largest absolute Gasteiger partial charge is 0.310 e. The average molecular weight is 195 g/mol. The van der Waals surface area contributed by atoms with Gasteiger partial charge in [0.1, 0.15) is 0 Å². The van der Waals surface area contributed by atoms with Gasteiger partial charge in [-0.25, -0.2) is 0 Å². The van der Waals surface area contributed by atoms with E-state index < -0.39 is 0 Å². The molecule has 0 aliphatic heterocycles. The Morgan fingerprint density at radius 2 is 1.64 bits per heavy atom. The molecule has 0 fully saturated rings. The molecule has 0 amide bonds. The minimum Gasteiger partial charge on any atom is -0.310 e. The van der Waals surface area contributed by atoms with E-state index >= 15 is 0 Å². The van der Waals surface area contributed by atoms with Gasteiger partial charge in [-0.3, -0.25) is 0 Å². The Kier molecular flexibility index (Phi) is 7.13. The number of rotatable bonds is 3. The van der Waals surface area contributed by atoms with Gasteiger partial charge in [0.2, 0.25) is 0 Å². The molecule has 14 heavy (non-hydrogen) atoms. The minimum absolute atomic E-state index is 0. The third-order valence-electron chi connectivity index (χ3n) is 1.84. The van der Waals surface area contributed by atoms with Gasteiger partial charge in [-0.1, -0.05) is 57.5 Å². The Hall–Kier alpha value is -0.820. The van der Waals surface area contributed by atoms with Crippen molar-refractivity contribution in [1.82, 2.24) is 5.32 Å². The number of hydrogen-bond donors (Lipinski definition) is 1. The third kappa shape index (κ3) is 5.76. The zero-order chi connectivity index (χ0) is 11.0. The summed E-state index contributed by atoms with van der Waals surface area (Å²) in [5.41, 5.74) is 2.68. The lowest BCUT2D eigenvalue weighted by Crippen LogP contribution is -2.21. The van der Waals surface area contributed by atoms with Crippen LogP contribution in [0.1, 0.15) is 40.2 Å². The van der Waals surface area contributed by atoms with Gasteiger partial charge in [0, 0.05) is 14.0 Å². The van der Waals surface area contributed by atoms with Crippen molar-refractivity contribution in [2.75, 3.05) is 0 Å². The maximum Gasteiger partial charge on any atom is 0.0207 e. The standard InChI is InChI=1S/C11H17N.C2H6.H2/c1-9(2)12-8-11-6-4-10(3)5-7-11;1-2;/h4-7,9,12H,8H2,1-3H3;1-2H3;1H. The Morgan fingerprint density at radius 3 is 2.07 bits per heavy atom. The smallest absolute Gasteiger partial charge is 0.0207 e. The van der Waals surface area contributed by atoms with Crippen molar-refractivity contribution in [3.63, 3.8) is 0 Å². The molecule has 0 aromatic heterocycles. The second kappa shape index (κ2) is 7.57. The first-order valence-corrected chi connectivity index (χ1v) is 5.47. The monoisotopic (exact) mass is 195 g/mol. The fourth-order valence-electron chi connectivity index (χ4n) is 1.03. The molecule has 0 atom stereocenters. The Labute approximate surface area is 90.0 Å². The van der Waals surface area contributed by atoms with Crippen LogP contribution < -0.4 is 5.32 Å². The minimum atomic E-state index is 0. The van der Waals surface area contributed by atoms with E-state index in [2.05, 4.69) is 50.4 Å². The van der Waals surface area contributed by atoms with Crippen molar-refractivity contribution in [2.24, 2.45) is 0 Å². The van der Waals surface area contributed by atoms with Crippen LogP contribution in [0.15, 0.2) is 24.3 Å². The van der Waals surface area contributed by atoms with Crippen molar-refractivity contribution in [3.05, 3.63) is 35.4 Å². The number of benzene rings is 1. The highest BCUT2D eigenvalue weighted by atomic mass is 14.9. The molecule has 1 nitrogen and oxygen atoms in total. The highest BCUT2D eigenvalue weighted by Crippen LogP contribution is 2.02. The van der Waals surface area contributed by atoms with Crippen LogP contribution in [0.3, 0.4) is 0 Å². The summed E-state index contributed by atoms with van der Waals surface area (Å²) in [5.74, 6) is 0.